The molecule has 122 valence electrons. The van der Waals surface area contributed by atoms with Gasteiger partial charge in [-0.1, -0.05) is 51.0 Å². The Balaban J connectivity index is 2.30. The lowest BCUT2D eigenvalue weighted by Crippen LogP contribution is -1.92. The SMILES string of the molecule is CCCc1cc(C=Cc2ccc(O)c(CCC)c2C)ccc1O. The lowest BCUT2D eigenvalue weighted by molar-refractivity contribution is 0.466. The maximum Gasteiger partial charge on any atom is 0.119 e. The van der Waals surface area contributed by atoms with Crippen molar-refractivity contribution in [3.05, 3.63) is 58.1 Å². The number of rotatable bonds is 6. The first-order valence-electron chi connectivity index (χ1n) is 8.38. The summed E-state index contributed by atoms with van der Waals surface area (Å²) in [5.41, 5.74) is 5.36. The fourth-order valence-corrected chi connectivity index (χ4v) is 2.87. The summed E-state index contributed by atoms with van der Waals surface area (Å²) >= 11 is 0. The quantitative estimate of drug-likeness (QED) is 0.693. The van der Waals surface area contributed by atoms with Crippen LogP contribution in [-0.4, -0.2) is 10.2 Å². The van der Waals surface area contributed by atoms with E-state index in [0.29, 0.717) is 11.5 Å². The Morgan fingerprint density at radius 1 is 0.870 bits per heavy atom. The summed E-state index contributed by atoms with van der Waals surface area (Å²) in [5, 5.41) is 19.9. The zero-order valence-electron chi connectivity index (χ0n) is 14.3. The Morgan fingerprint density at radius 2 is 1.57 bits per heavy atom. The first kappa shape index (κ1) is 17.1. The van der Waals surface area contributed by atoms with E-state index in [-0.39, 0.29) is 0 Å². The van der Waals surface area contributed by atoms with Crippen LogP contribution in [0, 0.1) is 6.92 Å². The van der Waals surface area contributed by atoms with Crippen molar-refractivity contribution in [2.45, 2.75) is 46.5 Å². The van der Waals surface area contributed by atoms with Gasteiger partial charge in [-0.3, -0.25) is 0 Å². The highest BCUT2D eigenvalue weighted by Gasteiger charge is 2.07. The van der Waals surface area contributed by atoms with Gasteiger partial charge < -0.3 is 10.2 Å². The molecule has 2 nitrogen and oxygen atoms in total. The van der Waals surface area contributed by atoms with Crippen molar-refractivity contribution in [1.82, 2.24) is 0 Å². The van der Waals surface area contributed by atoms with Crippen molar-refractivity contribution in [2.24, 2.45) is 0 Å². The van der Waals surface area contributed by atoms with Gasteiger partial charge in [-0.25, -0.2) is 0 Å². The van der Waals surface area contributed by atoms with Crippen LogP contribution in [0.2, 0.25) is 0 Å². The molecule has 0 heterocycles. The van der Waals surface area contributed by atoms with Gasteiger partial charge in [0, 0.05) is 0 Å². The van der Waals surface area contributed by atoms with Crippen LogP contribution in [0.5, 0.6) is 11.5 Å². The molecule has 0 saturated carbocycles. The Bertz CT molecular complexity index is 699. The fourth-order valence-electron chi connectivity index (χ4n) is 2.87. The second-order valence-electron chi connectivity index (χ2n) is 6.00. The van der Waals surface area contributed by atoms with Crippen molar-refractivity contribution in [1.29, 1.82) is 0 Å². The minimum Gasteiger partial charge on any atom is -0.508 e. The number of phenols is 2. The van der Waals surface area contributed by atoms with Crippen LogP contribution in [0.3, 0.4) is 0 Å². The van der Waals surface area contributed by atoms with Gasteiger partial charge in [0.1, 0.15) is 11.5 Å². The summed E-state index contributed by atoms with van der Waals surface area (Å²) in [6, 6.07) is 9.45. The molecule has 0 atom stereocenters. The molecule has 2 heteroatoms. The lowest BCUT2D eigenvalue weighted by Gasteiger charge is -2.10. The molecular weight excluding hydrogens is 284 g/mol. The van der Waals surface area contributed by atoms with E-state index in [1.165, 1.54) is 0 Å². The molecule has 0 amide bonds. The molecule has 0 saturated heterocycles. The van der Waals surface area contributed by atoms with E-state index in [2.05, 4.69) is 32.9 Å². The van der Waals surface area contributed by atoms with Crippen LogP contribution in [0.15, 0.2) is 30.3 Å². The zero-order chi connectivity index (χ0) is 16.8. The van der Waals surface area contributed by atoms with Crippen LogP contribution in [0.25, 0.3) is 12.2 Å². The molecule has 2 aromatic carbocycles. The van der Waals surface area contributed by atoms with Crippen molar-refractivity contribution >= 4 is 12.2 Å². The maximum absolute atomic E-state index is 10.0. The van der Waals surface area contributed by atoms with Gasteiger partial charge in [-0.2, -0.15) is 0 Å². The van der Waals surface area contributed by atoms with Crippen LogP contribution < -0.4 is 0 Å². The highest BCUT2D eigenvalue weighted by molar-refractivity contribution is 5.73. The molecule has 2 rings (SSSR count). The Hall–Kier alpha value is -2.22. The molecule has 0 fully saturated rings. The van der Waals surface area contributed by atoms with E-state index in [0.717, 1.165) is 53.5 Å². The molecule has 0 aliphatic rings. The number of hydrogen-bond acceptors (Lipinski definition) is 2. The van der Waals surface area contributed by atoms with Gasteiger partial charge in [0.2, 0.25) is 0 Å². The first-order chi connectivity index (χ1) is 11.1. The molecule has 23 heavy (non-hydrogen) atoms. The smallest absolute Gasteiger partial charge is 0.119 e. The lowest BCUT2D eigenvalue weighted by atomic mass is 9.97. The number of aromatic hydroxyl groups is 2. The molecule has 0 spiro atoms. The van der Waals surface area contributed by atoms with E-state index in [4.69, 9.17) is 0 Å². The predicted octanol–water partition coefficient (Wildman–Crippen LogP) is 5.48. The van der Waals surface area contributed by atoms with E-state index in [9.17, 15) is 10.2 Å². The number of phenolic OH excluding ortho intramolecular Hbond substituents is 2. The molecule has 0 radical (unpaired) electrons. The number of aryl methyl sites for hydroxylation is 1. The van der Waals surface area contributed by atoms with Gasteiger partial charge in [0.15, 0.2) is 0 Å². The maximum atomic E-state index is 10.0. The van der Waals surface area contributed by atoms with E-state index < -0.39 is 0 Å². The third-order valence-corrected chi connectivity index (χ3v) is 4.19. The van der Waals surface area contributed by atoms with Gasteiger partial charge in [-0.05, 0) is 65.8 Å². The molecular formula is C21H26O2. The van der Waals surface area contributed by atoms with Crippen LogP contribution >= 0.6 is 0 Å². The average molecular weight is 310 g/mol. The van der Waals surface area contributed by atoms with E-state index in [1.54, 1.807) is 12.1 Å². The summed E-state index contributed by atoms with van der Waals surface area (Å²) in [5.74, 6) is 0.756. The van der Waals surface area contributed by atoms with Crippen LogP contribution in [-0.2, 0) is 12.8 Å². The minimum atomic E-state index is 0.370. The predicted molar refractivity (Wildman–Crippen MR) is 97.9 cm³/mol. The number of hydrogen-bond donors (Lipinski definition) is 2. The zero-order valence-corrected chi connectivity index (χ0v) is 14.3. The monoisotopic (exact) mass is 310 g/mol. The highest BCUT2D eigenvalue weighted by Crippen LogP contribution is 2.27. The average Bonchev–Trinajstić information content (AvgIpc) is 2.54. The molecule has 0 unspecified atom stereocenters. The molecule has 2 aromatic rings. The van der Waals surface area contributed by atoms with Crippen LogP contribution in [0.4, 0.5) is 0 Å². The molecule has 2 N–H and O–H groups in total. The van der Waals surface area contributed by atoms with E-state index >= 15 is 0 Å². The van der Waals surface area contributed by atoms with Gasteiger partial charge >= 0.3 is 0 Å². The summed E-state index contributed by atoms with van der Waals surface area (Å²) in [6.07, 6.45) is 7.94. The second kappa shape index (κ2) is 7.87. The van der Waals surface area contributed by atoms with Crippen LogP contribution in [0.1, 0.15) is 54.5 Å². The van der Waals surface area contributed by atoms with Gasteiger partial charge in [0.25, 0.3) is 0 Å². The third kappa shape index (κ3) is 4.16. The Labute approximate surface area is 139 Å². The van der Waals surface area contributed by atoms with Crippen molar-refractivity contribution in [3.8, 4) is 11.5 Å². The topological polar surface area (TPSA) is 40.5 Å². The highest BCUT2D eigenvalue weighted by atomic mass is 16.3. The molecule has 0 aromatic heterocycles. The van der Waals surface area contributed by atoms with E-state index in [1.807, 2.05) is 18.2 Å². The summed E-state index contributed by atoms with van der Waals surface area (Å²) in [4.78, 5) is 0. The first-order valence-corrected chi connectivity index (χ1v) is 8.38. The molecule has 0 aliphatic carbocycles. The standard InChI is InChI=1S/C21H26O2/c1-4-6-18-14-16(9-12-20(18)22)8-10-17-11-13-21(23)19(7-5-2)15(17)3/h8-14,22-23H,4-7H2,1-3H3. The normalized spacial score (nSPS) is 11.3. The summed E-state index contributed by atoms with van der Waals surface area (Å²) in [6.45, 7) is 6.29. The van der Waals surface area contributed by atoms with Gasteiger partial charge in [0.05, 0.1) is 0 Å². The Kier molecular flexibility index (Phi) is 5.86. The fraction of sp³-hybridized carbons (Fsp3) is 0.333. The Morgan fingerprint density at radius 3 is 2.26 bits per heavy atom. The van der Waals surface area contributed by atoms with Crippen molar-refractivity contribution in [2.75, 3.05) is 0 Å². The number of benzene rings is 2. The molecule has 0 bridgehead atoms. The second-order valence-corrected chi connectivity index (χ2v) is 6.00. The van der Waals surface area contributed by atoms with Crippen molar-refractivity contribution in [3.63, 3.8) is 0 Å². The summed E-state index contributed by atoms with van der Waals surface area (Å²) < 4.78 is 0. The largest absolute Gasteiger partial charge is 0.508 e. The summed E-state index contributed by atoms with van der Waals surface area (Å²) in [7, 11) is 0. The van der Waals surface area contributed by atoms with Crippen molar-refractivity contribution < 1.29 is 10.2 Å². The third-order valence-electron chi connectivity index (χ3n) is 4.19. The van der Waals surface area contributed by atoms with Gasteiger partial charge in [-0.15, -0.1) is 0 Å². The minimum absolute atomic E-state index is 0.370. The molecule has 0 aliphatic heterocycles.